The zero-order chi connectivity index (χ0) is 8.27. The third kappa shape index (κ3) is 1.65. The fourth-order valence-corrected chi connectivity index (χ4v) is 0.736. The summed E-state index contributed by atoms with van der Waals surface area (Å²) in [5, 5.41) is 2.77. The molecule has 0 bridgehead atoms. The number of hydrogen-bond donors (Lipinski definition) is 1. The Hall–Kier alpha value is -1.16. The molecule has 4 nitrogen and oxygen atoms in total. The third-order valence-corrected chi connectivity index (χ3v) is 1.37. The highest BCUT2D eigenvalue weighted by molar-refractivity contribution is 5.46. The molecule has 0 heterocycles. The number of hydrogen-bond acceptors (Lipinski definition) is 4. The minimum Gasteiger partial charge on any atom is -0.383 e. The highest BCUT2D eigenvalue weighted by atomic mass is 16.5. The van der Waals surface area contributed by atoms with E-state index in [1.165, 1.54) is 6.07 Å². The molecule has 0 aromatic heterocycles. The maximum Gasteiger partial charge on any atom is 0.248 e. The first-order valence-electron chi connectivity index (χ1n) is 3.29. The summed E-state index contributed by atoms with van der Waals surface area (Å²) >= 11 is 0. The van der Waals surface area contributed by atoms with Crippen molar-refractivity contribution in [2.24, 2.45) is 0 Å². The Bertz CT molecular complexity index is 298. The Morgan fingerprint density at radius 3 is 2.73 bits per heavy atom. The predicted octanol–water partition coefficient (Wildman–Crippen LogP) is -0.659. The average Bonchev–Trinajstić information content (AvgIpc) is 2.03. The molecule has 0 aliphatic carbocycles. The number of methoxy groups -OCH3 is 1. The SMILES string of the molecule is COCCNc1cc(=O)c1=O. The summed E-state index contributed by atoms with van der Waals surface area (Å²) in [7, 11) is 1.57. The Morgan fingerprint density at radius 1 is 1.55 bits per heavy atom. The van der Waals surface area contributed by atoms with Crippen molar-refractivity contribution in [2.45, 2.75) is 0 Å². The lowest BCUT2D eigenvalue weighted by Gasteiger charge is -2.04. The molecule has 1 N–H and O–H groups in total. The van der Waals surface area contributed by atoms with Gasteiger partial charge in [-0.05, 0) is 0 Å². The zero-order valence-corrected chi connectivity index (χ0v) is 6.22. The van der Waals surface area contributed by atoms with Gasteiger partial charge in [0, 0.05) is 19.7 Å². The Balaban J connectivity index is 2.37. The molecule has 1 rings (SSSR count). The van der Waals surface area contributed by atoms with E-state index in [-0.39, 0.29) is 0 Å². The fraction of sp³-hybridized carbons (Fsp3) is 0.429. The van der Waals surface area contributed by atoms with Crippen molar-refractivity contribution >= 4 is 5.69 Å². The van der Waals surface area contributed by atoms with Gasteiger partial charge in [0.2, 0.25) is 10.9 Å². The van der Waals surface area contributed by atoms with Crippen molar-refractivity contribution in [1.82, 2.24) is 0 Å². The van der Waals surface area contributed by atoms with E-state index in [4.69, 9.17) is 4.74 Å². The molecule has 0 atom stereocenters. The third-order valence-electron chi connectivity index (χ3n) is 1.37. The highest BCUT2D eigenvalue weighted by Gasteiger charge is 2.06. The Labute approximate surface area is 63.5 Å². The van der Waals surface area contributed by atoms with E-state index in [1.807, 2.05) is 0 Å². The lowest BCUT2D eigenvalue weighted by atomic mass is 10.2. The van der Waals surface area contributed by atoms with Crippen molar-refractivity contribution in [1.29, 1.82) is 0 Å². The first-order chi connectivity index (χ1) is 5.25. The molecule has 11 heavy (non-hydrogen) atoms. The number of rotatable bonds is 4. The van der Waals surface area contributed by atoms with E-state index in [0.717, 1.165) is 0 Å². The van der Waals surface area contributed by atoms with E-state index in [0.29, 0.717) is 18.8 Å². The molecule has 1 aromatic carbocycles. The second-order valence-electron chi connectivity index (χ2n) is 2.17. The second kappa shape index (κ2) is 3.30. The van der Waals surface area contributed by atoms with Crippen LogP contribution in [0.3, 0.4) is 0 Å². The van der Waals surface area contributed by atoms with Crippen molar-refractivity contribution < 1.29 is 4.74 Å². The van der Waals surface area contributed by atoms with Crippen LogP contribution >= 0.6 is 0 Å². The minimum atomic E-state index is -0.430. The summed E-state index contributed by atoms with van der Waals surface area (Å²) in [5.74, 6) is 0. The first kappa shape index (κ1) is 7.94. The van der Waals surface area contributed by atoms with Crippen molar-refractivity contribution in [3.05, 3.63) is 26.5 Å². The lowest BCUT2D eigenvalue weighted by Crippen LogP contribution is -2.33. The largest absolute Gasteiger partial charge is 0.383 e. The van der Waals surface area contributed by atoms with Crippen LogP contribution < -0.4 is 16.2 Å². The van der Waals surface area contributed by atoms with Gasteiger partial charge in [-0.2, -0.15) is 0 Å². The molecular weight excluding hydrogens is 146 g/mol. The molecule has 0 saturated heterocycles. The molecule has 0 fully saturated rings. The van der Waals surface area contributed by atoms with Crippen LogP contribution in [0.4, 0.5) is 5.69 Å². The molecule has 60 valence electrons. The van der Waals surface area contributed by atoms with Crippen LogP contribution in [0.2, 0.25) is 0 Å². The first-order valence-corrected chi connectivity index (χ1v) is 3.29. The van der Waals surface area contributed by atoms with Gasteiger partial charge in [0.1, 0.15) is 0 Å². The van der Waals surface area contributed by atoms with Crippen LogP contribution in [-0.4, -0.2) is 20.3 Å². The lowest BCUT2D eigenvalue weighted by molar-refractivity contribution is 0.210. The minimum absolute atomic E-state index is 0.395. The quantitative estimate of drug-likeness (QED) is 0.463. The van der Waals surface area contributed by atoms with Crippen molar-refractivity contribution in [3.8, 4) is 0 Å². The summed E-state index contributed by atoms with van der Waals surface area (Å²) in [4.78, 5) is 21.0. The van der Waals surface area contributed by atoms with Gasteiger partial charge in [0.15, 0.2) is 0 Å². The molecule has 4 heteroatoms. The molecule has 0 amide bonds. The normalized spacial score (nSPS) is 10.3. The van der Waals surface area contributed by atoms with Gasteiger partial charge in [-0.25, -0.2) is 0 Å². The van der Waals surface area contributed by atoms with E-state index in [1.54, 1.807) is 7.11 Å². The Morgan fingerprint density at radius 2 is 2.27 bits per heavy atom. The molecule has 0 spiro atoms. The molecular formula is C7H9NO3. The van der Waals surface area contributed by atoms with E-state index in [9.17, 15) is 9.59 Å². The molecule has 1 aromatic rings. The van der Waals surface area contributed by atoms with E-state index >= 15 is 0 Å². The standard InChI is InChI=1S/C7H9NO3/c1-11-3-2-8-5-4-6(9)7(5)10/h4,8H,2-3H2,1H3. The summed E-state index contributed by atoms with van der Waals surface area (Å²) in [5.41, 5.74) is -0.460. The maximum absolute atomic E-state index is 10.6. The monoisotopic (exact) mass is 155 g/mol. The van der Waals surface area contributed by atoms with Gasteiger partial charge in [-0.15, -0.1) is 0 Å². The molecule has 0 aliphatic heterocycles. The van der Waals surface area contributed by atoms with Crippen LogP contribution in [0.5, 0.6) is 0 Å². The van der Waals surface area contributed by atoms with Crippen molar-refractivity contribution in [3.63, 3.8) is 0 Å². The molecule has 0 aliphatic rings. The second-order valence-corrected chi connectivity index (χ2v) is 2.17. The molecule has 0 unspecified atom stereocenters. The summed E-state index contributed by atoms with van der Waals surface area (Å²) in [6.45, 7) is 1.08. The Kier molecular flexibility index (Phi) is 2.38. The van der Waals surface area contributed by atoms with Gasteiger partial charge < -0.3 is 10.1 Å². The summed E-state index contributed by atoms with van der Waals surface area (Å²) < 4.78 is 4.74. The predicted molar refractivity (Wildman–Crippen MR) is 41.7 cm³/mol. The van der Waals surface area contributed by atoms with Crippen LogP contribution in [0.15, 0.2) is 15.7 Å². The fourth-order valence-electron chi connectivity index (χ4n) is 0.736. The number of anilines is 1. The van der Waals surface area contributed by atoms with Gasteiger partial charge in [0.25, 0.3) is 0 Å². The van der Waals surface area contributed by atoms with E-state index in [2.05, 4.69) is 5.32 Å². The van der Waals surface area contributed by atoms with Crippen LogP contribution in [0, 0.1) is 0 Å². The van der Waals surface area contributed by atoms with Gasteiger partial charge in [0.05, 0.1) is 12.3 Å². The maximum atomic E-state index is 10.6. The topological polar surface area (TPSA) is 55.4 Å². The zero-order valence-electron chi connectivity index (χ0n) is 6.22. The summed E-state index contributed by atoms with van der Waals surface area (Å²) in [6.07, 6.45) is 0. The van der Waals surface area contributed by atoms with Crippen molar-refractivity contribution in [2.75, 3.05) is 25.6 Å². The smallest absolute Gasteiger partial charge is 0.248 e. The number of ether oxygens (including phenoxy) is 1. The summed E-state index contributed by atoms with van der Waals surface area (Å²) in [6, 6.07) is 1.29. The van der Waals surface area contributed by atoms with Gasteiger partial charge in [-0.1, -0.05) is 0 Å². The van der Waals surface area contributed by atoms with Gasteiger partial charge >= 0.3 is 0 Å². The highest BCUT2D eigenvalue weighted by Crippen LogP contribution is 1.92. The van der Waals surface area contributed by atoms with Gasteiger partial charge in [-0.3, -0.25) is 9.59 Å². The molecule has 0 saturated carbocycles. The number of nitrogens with one attached hydrogen (secondary N) is 1. The van der Waals surface area contributed by atoms with Crippen LogP contribution in [-0.2, 0) is 4.74 Å². The average molecular weight is 155 g/mol. The van der Waals surface area contributed by atoms with Crippen LogP contribution in [0.25, 0.3) is 0 Å². The van der Waals surface area contributed by atoms with Crippen LogP contribution in [0.1, 0.15) is 0 Å². The molecule has 0 radical (unpaired) electrons. The van der Waals surface area contributed by atoms with E-state index < -0.39 is 10.9 Å².